The largest absolute Gasteiger partial charge is 0.435 e. The first-order valence-corrected chi connectivity index (χ1v) is 14.9. The summed E-state index contributed by atoms with van der Waals surface area (Å²) in [5.74, 6) is -3.58. The van der Waals surface area contributed by atoms with E-state index in [-0.39, 0.29) is 44.6 Å². The standard InChI is InChI=1S/C29H42FN3O12/c1-16(45-24(38)14-32-25(39)31-9-4-10-44-33(41)42)43-15-23(37)29(40)21(35)12-20-19-6-5-17-11-18(34)7-8-26(17,2)28(19,30)22(36)13-27(20,29)3/h7-8,11,16,19-22,35-36,40-42H,4-6,9-10,12-15H2,1-3H3,(H2,31,32,39)/t16?,19-,20-,21+,22-,26-,27-,28-,29-/m0/s1. The Morgan fingerprint density at radius 1 is 1.16 bits per heavy atom. The zero-order valence-electron chi connectivity index (χ0n) is 25.4. The van der Waals surface area contributed by atoms with Gasteiger partial charge in [-0.05, 0) is 64.0 Å². The van der Waals surface area contributed by atoms with Crippen LogP contribution in [0.2, 0.25) is 0 Å². The minimum Gasteiger partial charge on any atom is -0.435 e. The molecule has 1 unspecified atom stereocenters. The van der Waals surface area contributed by atoms with Crippen molar-refractivity contribution in [2.24, 2.45) is 22.7 Å². The van der Waals surface area contributed by atoms with Crippen molar-refractivity contribution in [1.29, 1.82) is 0 Å². The van der Waals surface area contributed by atoms with Gasteiger partial charge >= 0.3 is 12.0 Å². The van der Waals surface area contributed by atoms with Crippen LogP contribution in [0.1, 0.15) is 52.9 Å². The number of Topliss-reactive ketones (excluding diaryl/α,β-unsaturated/α-hetero) is 1. The van der Waals surface area contributed by atoms with E-state index in [4.69, 9.17) is 19.9 Å². The van der Waals surface area contributed by atoms with Crippen molar-refractivity contribution in [2.45, 2.75) is 82.6 Å². The number of halogens is 1. The van der Waals surface area contributed by atoms with Crippen LogP contribution in [0.15, 0.2) is 23.8 Å². The number of aliphatic hydroxyl groups is 3. The number of alkyl halides is 1. The molecule has 0 saturated heterocycles. The Bertz CT molecular complexity index is 1250. The third-order valence-electron chi connectivity index (χ3n) is 10.2. The van der Waals surface area contributed by atoms with Crippen LogP contribution >= 0.6 is 0 Å². The molecule has 9 atom stereocenters. The molecular weight excluding hydrogens is 601 g/mol. The van der Waals surface area contributed by atoms with Crippen LogP contribution in [0.5, 0.6) is 0 Å². The third kappa shape index (κ3) is 6.17. The van der Waals surface area contributed by atoms with Gasteiger partial charge in [0.1, 0.15) is 13.2 Å². The molecule has 252 valence electrons. The zero-order chi connectivity index (χ0) is 33.4. The number of carbonyl (C=O) groups is 4. The van der Waals surface area contributed by atoms with E-state index >= 15 is 4.39 Å². The first-order valence-electron chi connectivity index (χ1n) is 14.9. The molecule has 4 aliphatic carbocycles. The van der Waals surface area contributed by atoms with Crippen LogP contribution in [0, 0.1) is 22.7 Å². The van der Waals surface area contributed by atoms with Gasteiger partial charge in [0.2, 0.25) is 6.29 Å². The molecule has 0 bridgehead atoms. The fourth-order valence-electron chi connectivity index (χ4n) is 7.93. The first kappa shape index (κ1) is 35.0. The normalized spacial score (nSPS) is 37.6. The van der Waals surface area contributed by atoms with E-state index in [1.165, 1.54) is 25.2 Å². The van der Waals surface area contributed by atoms with Gasteiger partial charge in [-0.1, -0.05) is 18.6 Å². The van der Waals surface area contributed by atoms with Gasteiger partial charge in [-0.25, -0.2) is 9.18 Å². The monoisotopic (exact) mass is 643 g/mol. The van der Waals surface area contributed by atoms with Gasteiger partial charge in [-0.2, -0.15) is 0 Å². The number of hydrogen-bond donors (Lipinski definition) is 7. The van der Waals surface area contributed by atoms with Crippen molar-refractivity contribution in [3.05, 3.63) is 23.8 Å². The Morgan fingerprint density at radius 2 is 1.87 bits per heavy atom. The smallest absolute Gasteiger partial charge is 0.327 e. The van der Waals surface area contributed by atoms with Gasteiger partial charge in [0, 0.05) is 23.3 Å². The topological polar surface area (TPSA) is 224 Å². The number of nitrogens with one attached hydrogen (secondary N) is 2. The lowest BCUT2D eigenvalue weighted by atomic mass is 9.44. The summed E-state index contributed by atoms with van der Waals surface area (Å²) in [4.78, 5) is 53.7. The predicted molar refractivity (Wildman–Crippen MR) is 149 cm³/mol. The highest BCUT2D eigenvalue weighted by Crippen LogP contribution is 2.69. The van der Waals surface area contributed by atoms with E-state index in [1.54, 1.807) is 13.8 Å². The molecule has 3 saturated carbocycles. The molecule has 0 aliphatic heterocycles. The molecule has 16 heteroatoms. The number of carbonyl (C=O) groups excluding carboxylic acids is 4. The van der Waals surface area contributed by atoms with E-state index in [1.807, 2.05) is 0 Å². The fraction of sp³-hybridized carbons (Fsp3) is 0.724. The molecule has 0 aromatic carbocycles. The highest BCUT2D eigenvalue weighted by Gasteiger charge is 2.76. The summed E-state index contributed by atoms with van der Waals surface area (Å²) >= 11 is 0. The van der Waals surface area contributed by atoms with E-state index in [0.717, 1.165) is 0 Å². The molecule has 3 fully saturated rings. The number of ether oxygens (including phenoxy) is 2. The first-order chi connectivity index (χ1) is 21.0. The second-order valence-corrected chi connectivity index (χ2v) is 12.6. The van der Waals surface area contributed by atoms with Gasteiger partial charge in [0.05, 0.1) is 24.2 Å². The number of amides is 2. The minimum atomic E-state index is -2.39. The summed E-state index contributed by atoms with van der Waals surface area (Å²) < 4.78 is 27.6. The number of allylic oxidation sites excluding steroid dienone is 4. The number of ketones is 2. The second-order valence-electron chi connectivity index (χ2n) is 12.6. The quantitative estimate of drug-likeness (QED) is 0.0656. The highest BCUT2D eigenvalue weighted by atomic mass is 19.1. The van der Waals surface area contributed by atoms with E-state index in [0.29, 0.717) is 12.0 Å². The summed E-state index contributed by atoms with van der Waals surface area (Å²) in [5, 5.41) is 55.3. The number of fused-ring (bicyclic) bond motifs is 5. The minimum absolute atomic E-state index is 0.0911. The lowest BCUT2D eigenvalue weighted by molar-refractivity contribution is -0.492. The summed E-state index contributed by atoms with van der Waals surface area (Å²) in [6, 6.07) is -0.708. The SMILES string of the molecule is CC(OCC(=O)[C@@]1(O)[C@H](O)C[C@H]2[C@@H]3CCC4=CC(=O)C=C[C@]4(C)[C@@]3(F)[C@@H](O)C[C@@]21C)OC(=O)CNC(=O)NCCCON(O)O. The van der Waals surface area contributed by atoms with Crippen molar-refractivity contribution in [2.75, 3.05) is 26.3 Å². The molecule has 45 heavy (non-hydrogen) atoms. The number of urea groups is 1. The lowest BCUT2D eigenvalue weighted by Gasteiger charge is -2.62. The number of esters is 1. The van der Waals surface area contributed by atoms with Crippen LogP contribution in [0.3, 0.4) is 0 Å². The van der Waals surface area contributed by atoms with Crippen LogP contribution in [-0.2, 0) is 28.7 Å². The summed E-state index contributed by atoms with van der Waals surface area (Å²) in [7, 11) is 0. The van der Waals surface area contributed by atoms with Crippen molar-refractivity contribution >= 4 is 23.6 Å². The van der Waals surface area contributed by atoms with Crippen LogP contribution in [0.25, 0.3) is 0 Å². The molecule has 0 aromatic rings. The maximum Gasteiger partial charge on any atom is 0.327 e. The molecule has 15 nitrogen and oxygen atoms in total. The second kappa shape index (κ2) is 13.1. The van der Waals surface area contributed by atoms with E-state index in [9.17, 15) is 34.5 Å². The highest BCUT2D eigenvalue weighted by molar-refractivity contribution is 6.01. The summed E-state index contributed by atoms with van der Waals surface area (Å²) in [6.07, 6.45) is 0.156. The molecule has 7 N–H and O–H groups in total. The number of rotatable bonds is 12. The average Bonchev–Trinajstić information content (AvgIpc) is 3.17. The van der Waals surface area contributed by atoms with Gasteiger partial charge in [0.15, 0.2) is 22.8 Å². The molecular formula is C29H42FN3O12. The third-order valence-corrected chi connectivity index (χ3v) is 10.2. The Labute approximate surface area is 258 Å². The molecule has 0 heterocycles. The average molecular weight is 644 g/mol. The summed E-state index contributed by atoms with van der Waals surface area (Å²) in [5.41, 5.74) is -6.70. The Balaban J connectivity index is 1.34. The number of aliphatic hydroxyl groups excluding tert-OH is 2. The van der Waals surface area contributed by atoms with E-state index < -0.39 is 88.8 Å². The van der Waals surface area contributed by atoms with Crippen LogP contribution in [-0.4, -0.2) is 111 Å². The molecule has 0 radical (unpaired) electrons. The van der Waals surface area contributed by atoms with E-state index in [2.05, 4.69) is 15.5 Å². The molecule has 0 spiro atoms. The number of nitrogens with zero attached hydrogens (tertiary/aromatic N) is 1. The zero-order valence-corrected chi connectivity index (χ0v) is 25.4. The maximum absolute atomic E-state index is 17.2. The van der Waals surface area contributed by atoms with Gasteiger partial charge in [-0.15, -0.1) is 0 Å². The lowest BCUT2D eigenvalue weighted by Crippen LogP contribution is -2.69. The van der Waals surface area contributed by atoms with Crippen molar-refractivity contribution in [3.8, 4) is 0 Å². The van der Waals surface area contributed by atoms with Gasteiger partial charge < -0.3 is 35.4 Å². The van der Waals surface area contributed by atoms with Crippen molar-refractivity contribution < 1.29 is 63.6 Å². The molecule has 4 aliphatic rings. The fourth-order valence-corrected chi connectivity index (χ4v) is 7.93. The predicted octanol–water partition coefficient (Wildman–Crippen LogP) is 0.235. The molecule has 4 rings (SSSR count). The van der Waals surface area contributed by atoms with Crippen LogP contribution in [0.4, 0.5) is 9.18 Å². The van der Waals surface area contributed by atoms with Crippen LogP contribution < -0.4 is 10.6 Å². The van der Waals surface area contributed by atoms with Gasteiger partial charge in [-0.3, -0.25) is 29.6 Å². The Morgan fingerprint density at radius 3 is 2.56 bits per heavy atom. The summed E-state index contributed by atoms with van der Waals surface area (Å²) in [6.45, 7) is 3.21. The molecule has 2 amide bonds. The van der Waals surface area contributed by atoms with Crippen molar-refractivity contribution in [3.63, 3.8) is 0 Å². The Kier molecular flexibility index (Phi) is 10.2. The Hall–Kier alpha value is -2.83. The number of hydrogen-bond acceptors (Lipinski definition) is 13. The maximum atomic E-state index is 17.2. The molecule has 0 aromatic heterocycles. The van der Waals surface area contributed by atoms with Crippen molar-refractivity contribution in [1.82, 2.24) is 16.0 Å². The van der Waals surface area contributed by atoms with Gasteiger partial charge in [0.25, 0.3) is 0 Å².